The fraction of sp³-hybridized carbons (Fsp3) is 0. The molecule has 1 amide bonds. The van der Waals surface area contributed by atoms with Gasteiger partial charge in [-0.2, -0.15) is 0 Å². The van der Waals surface area contributed by atoms with Crippen LogP contribution in [-0.4, -0.2) is 11.0 Å². The van der Waals surface area contributed by atoms with Crippen LogP contribution in [0.4, 0.5) is 0 Å². The SMILES string of the molecule is O=C([NH2+][O-])c1ccccc1O. The minimum Gasteiger partial charge on any atom is -0.628 e. The lowest BCUT2D eigenvalue weighted by Crippen LogP contribution is -2.81. The second-order valence-electron chi connectivity index (χ2n) is 2.00. The molecule has 58 valence electrons. The highest BCUT2D eigenvalue weighted by Crippen LogP contribution is 2.13. The van der Waals surface area contributed by atoms with Crippen molar-refractivity contribution in [3.63, 3.8) is 0 Å². The highest BCUT2D eigenvalue weighted by atomic mass is 16.5. The van der Waals surface area contributed by atoms with Crippen LogP contribution in [0.25, 0.3) is 0 Å². The molecule has 0 saturated heterocycles. The first-order valence-electron chi connectivity index (χ1n) is 3.03. The van der Waals surface area contributed by atoms with Crippen LogP contribution in [0, 0.1) is 5.21 Å². The molecule has 1 aromatic carbocycles. The predicted molar refractivity (Wildman–Crippen MR) is 37.7 cm³/mol. The maximum atomic E-state index is 10.7. The van der Waals surface area contributed by atoms with Gasteiger partial charge < -0.3 is 15.8 Å². The highest BCUT2D eigenvalue weighted by Gasteiger charge is 2.09. The normalized spacial score (nSPS) is 9.55. The molecular weight excluding hydrogens is 146 g/mol. The molecule has 0 aromatic heterocycles. The molecule has 1 aromatic rings. The summed E-state index contributed by atoms with van der Waals surface area (Å²) in [5.41, 5.74) is 0.220. The van der Waals surface area contributed by atoms with E-state index < -0.39 is 5.91 Å². The minimum atomic E-state index is -0.705. The van der Waals surface area contributed by atoms with Crippen molar-refractivity contribution in [1.29, 1.82) is 0 Å². The van der Waals surface area contributed by atoms with Gasteiger partial charge >= 0.3 is 5.91 Å². The fourth-order valence-corrected chi connectivity index (χ4v) is 0.745. The van der Waals surface area contributed by atoms with E-state index in [9.17, 15) is 10.0 Å². The van der Waals surface area contributed by atoms with E-state index in [-0.39, 0.29) is 16.8 Å². The van der Waals surface area contributed by atoms with Gasteiger partial charge in [-0.15, -0.1) is 0 Å². The third-order valence-electron chi connectivity index (χ3n) is 1.28. The average Bonchev–Trinajstić information content (AvgIpc) is 2.04. The number of para-hydroxylation sites is 1. The zero-order chi connectivity index (χ0) is 8.27. The summed E-state index contributed by atoms with van der Waals surface area (Å²) in [7, 11) is 0. The minimum absolute atomic E-state index is 0.0440. The number of phenols is 1. The van der Waals surface area contributed by atoms with Gasteiger partial charge in [-0.25, -0.2) is 4.79 Å². The second kappa shape index (κ2) is 3.14. The van der Waals surface area contributed by atoms with Crippen molar-refractivity contribution in [2.45, 2.75) is 0 Å². The smallest absolute Gasteiger partial charge is 0.346 e. The molecule has 0 bridgehead atoms. The number of amides is 1. The van der Waals surface area contributed by atoms with Crippen molar-refractivity contribution in [2.75, 3.05) is 0 Å². The van der Waals surface area contributed by atoms with Gasteiger partial charge in [-0.1, -0.05) is 12.1 Å². The molecule has 0 aliphatic rings. The summed E-state index contributed by atoms with van der Waals surface area (Å²) in [4.78, 5) is 10.7. The number of nitrogens with two attached hydrogens (primary N) is 1. The van der Waals surface area contributed by atoms with E-state index in [1.807, 2.05) is 0 Å². The van der Waals surface area contributed by atoms with Crippen LogP contribution >= 0.6 is 0 Å². The topological polar surface area (TPSA) is 77.0 Å². The predicted octanol–water partition coefficient (Wildman–Crippen LogP) is -0.406. The zero-order valence-electron chi connectivity index (χ0n) is 5.65. The number of carbonyl (C=O) groups excluding carboxylic acids is 1. The Hall–Kier alpha value is -1.39. The number of hydroxylamine groups is 1. The average molecular weight is 153 g/mol. The van der Waals surface area contributed by atoms with Crippen LogP contribution in [0.3, 0.4) is 0 Å². The Kier molecular flexibility index (Phi) is 2.20. The number of benzene rings is 1. The van der Waals surface area contributed by atoms with Gasteiger partial charge in [0.2, 0.25) is 0 Å². The Morgan fingerprint density at radius 3 is 2.64 bits per heavy atom. The van der Waals surface area contributed by atoms with Crippen molar-refractivity contribution in [3.8, 4) is 5.75 Å². The van der Waals surface area contributed by atoms with E-state index in [1.165, 1.54) is 12.1 Å². The van der Waals surface area contributed by atoms with Gasteiger partial charge in [0.1, 0.15) is 11.3 Å². The lowest BCUT2D eigenvalue weighted by Gasteiger charge is -2.00. The van der Waals surface area contributed by atoms with E-state index in [2.05, 4.69) is 0 Å². The van der Waals surface area contributed by atoms with E-state index in [0.29, 0.717) is 0 Å². The second-order valence-corrected chi connectivity index (χ2v) is 2.00. The van der Waals surface area contributed by atoms with Crippen molar-refractivity contribution in [3.05, 3.63) is 35.0 Å². The highest BCUT2D eigenvalue weighted by molar-refractivity contribution is 5.89. The molecule has 0 unspecified atom stereocenters. The number of hydrogen-bond acceptors (Lipinski definition) is 3. The van der Waals surface area contributed by atoms with Gasteiger partial charge in [0, 0.05) is 0 Å². The molecule has 0 aliphatic heterocycles. The summed E-state index contributed by atoms with van der Waals surface area (Å²) in [6.45, 7) is 0. The quantitative estimate of drug-likeness (QED) is 0.538. The third kappa shape index (κ3) is 1.54. The van der Waals surface area contributed by atoms with Crippen molar-refractivity contribution >= 4 is 5.91 Å². The van der Waals surface area contributed by atoms with Gasteiger partial charge in [0.05, 0.1) is 0 Å². The maximum absolute atomic E-state index is 10.7. The first-order valence-corrected chi connectivity index (χ1v) is 3.03. The fourth-order valence-electron chi connectivity index (χ4n) is 0.745. The Labute approximate surface area is 63.1 Å². The third-order valence-corrected chi connectivity index (χ3v) is 1.28. The Morgan fingerprint density at radius 2 is 2.09 bits per heavy atom. The molecule has 4 nitrogen and oxygen atoms in total. The lowest BCUT2D eigenvalue weighted by atomic mass is 10.2. The maximum Gasteiger partial charge on any atom is 0.346 e. The summed E-state index contributed by atoms with van der Waals surface area (Å²) >= 11 is 0. The van der Waals surface area contributed by atoms with Crippen LogP contribution in [-0.2, 0) is 0 Å². The van der Waals surface area contributed by atoms with E-state index >= 15 is 0 Å². The van der Waals surface area contributed by atoms with Gasteiger partial charge in [-0.05, 0) is 12.1 Å². The van der Waals surface area contributed by atoms with Crippen molar-refractivity contribution in [2.24, 2.45) is 0 Å². The molecule has 0 atom stereocenters. The number of hydrogen-bond donors (Lipinski definition) is 2. The molecule has 11 heavy (non-hydrogen) atoms. The first-order chi connectivity index (χ1) is 5.25. The molecule has 0 heterocycles. The Balaban J connectivity index is 3.03. The summed E-state index contributed by atoms with van der Waals surface area (Å²) in [6, 6.07) is 5.91. The summed E-state index contributed by atoms with van der Waals surface area (Å²) in [6.07, 6.45) is 0. The molecule has 0 aliphatic carbocycles. The molecule has 0 radical (unpaired) electrons. The van der Waals surface area contributed by atoms with E-state index in [0.717, 1.165) is 0 Å². The van der Waals surface area contributed by atoms with Crippen molar-refractivity contribution < 1.29 is 15.4 Å². The van der Waals surface area contributed by atoms with E-state index in [1.54, 1.807) is 12.1 Å². The Bertz CT molecular complexity index is 272. The Morgan fingerprint density at radius 1 is 1.45 bits per heavy atom. The van der Waals surface area contributed by atoms with Gasteiger partial charge in [0.25, 0.3) is 0 Å². The number of aromatic hydroxyl groups is 1. The van der Waals surface area contributed by atoms with Crippen LogP contribution in [0.2, 0.25) is 0 Å². The molecule has 3 N–H and O–H groups in total. The van der Waals surface area contributed by atoms with Gasteiger partial charge in [0.15, 0.2) is 0 Å². The number of quaternary nitrogens is 1. The van der Waals surface area contributed by atoms with Crippen molar-refractivity contribution in [1.82, 2.24) is 0 Å². The molecule has 0 spiro atoms. The number of rotatable bonds is 1. The zero-order valence-corrected chi connectivity index (χ0v) is 5.65. The van der Waals surface area contributed by atoms with Crippen LogP contribution in [0.1, 0.15) is 10.4 Å². The number of primary amides is 1. The first kappa shape index (κ1) is 7.71. The summed E-state index contributed by atoms with van der Waals surface area (Å²) in [5.74, 6) is -0.868. The molecule has 0 fully saturated rings. The molecular formula is C7H7NO3. The van der Waals surface area contributed by atoms with Gasteiger partial charge in [-0.3, -0.25) is 0 Å². The van der Waals surface area contributed by atoms with Crippen LogP contribution in [0.5, 0.6) is 5.75 Å². The largest absolute Gasteiger partial charge is 0.628 e. The van der Waals surface area contributed by atoms with Crippen LogP contribution in [0.15, 0.2) is 24.3 Å². The van der Waals surface area contributed by atoms with Crippen LogP contribution < -0.4 is 5.48 Å². The van der Waals surface area contributed by atoms with E-state index in [4.69, 9.17) is 5.11 Å². The lowest BCUT2D eigenvalue weighted by molar-refractivity contribution is -0.482. The molecule has 4 heteroatoms. The standard InChI is InChI=1S/C7H7NO3/c9-6-4-2-1-3-5(6)7(10)8-11/h1-4,9H,8H2. The molecule has 1 rings (SSSR count). The monoisotopic (exact) mass is 153 g/mol. The number of carbonyl (C=O) groups is 1. The molecule has 0 saturated carbocycles. The summed E-state index contributed by atoms with van der Waals surface area (Å²) in [5, 5.41) is 19.0. The summed E-state index contributed by atoms with van der Waals surface area (Å²) < 4.78 is 0.